The Hall–Kier alpha value is -3.97. The van der Waals surface area contributed by atoms with Gasteiger partial charge in [0.05, 0.1) is 11.3 Å². The van der Waals surface area contributed by atoms with E-state index in [1.807, 2.05) is 32.0 Å². The van der Waals surface area contributed by atoms with E-state index >= 15 is 0 Å². The first-order valence-electron chi connectivity index (χ1n) is 10.0. The lowest BCUT2D eigenvalue weighted by atomic mass is 10.1. The monoisotopic (exact) mass is 463 g/mol. The van der Waals surface area contributed by atoms with Crippen LogP contribution in [-0.2, 0) is 9.59 Å². The molecule has 0 aromatic heterocycles. The topological polar surface area (TPSA) is 96.9 Å². The van der Waals surface area contributed by atoms with Gasteiger partial charge in [0.2, 0.25) is 0 Å². The number of ether oxygens (including phenoxy) is 1. The number of carbonyl (C=O) groups is 3. The first-order valence-corrected chi connectivity index (χ1v) is 10.4. The van der Waals surface area contributed by atoms with Gasteiger partial charge in [-0.3, -0.25) is 9.59 Å². The molecule has 168 valence electrons. The van der Waals surface area contributed by atoms with Crippen LogP contribution in [0.25, 0.3) is 0 Å². The number of nitrogens with zero attached hydrogens (tertiary/aromatic N) is 1. The Morgan fingerprint density at radius 3 is 2.24 bits per heavy atom. The quantitative estimate of drug-likeness (QED) is 0.189. The van der Waals surface area contributed by atoms with Crippen molar-refractivity contribution >= 4 is 40.8 Å². The highest BCUT2D eigenvalue weighted by molar-refractivity contribution is 6.39. The van der Waals surface area contributed by atoms with E-state index < -0.39 is 17.8 Å². The minimum atomic E-state index is -0.926. The highest BCUT2D eigenvalue weighted by atomic mass is 35.5. The number of halogens is 1. The zero-order chi connectivity index (χ0) is 24.0. The molecule has 0 aliphatic carbocycles. The SMILES string of the molecule is CC(=NNC(=O)C(=O)Nc1c(C)cccc1C)c1ccccc1OC(=O)c1cccc(Cl)c1. The van der Waals surface area contributed by atoms with E-state index in [4.69, 9.17) is 16.3 Å². The summed E-state index contributed by atoms with van der Waals surface area (Å²) in [6.45, 7) is 5.30. The van der Waals surface area contributed by atoms with Crippen molar-refractivity contribution in [3.05, 3.63) is 94.0 Å². The van der Waals surface area contributed by atoms with Crippen LogP contribution in [0.2, 0.25) is 5.02 Å². The van der Waals surface area contributed by atoms with Crippen molar-refractivity contribution in [1.29, 1.82) is 0 Å². The normalized spacial score (nSPS) is 11.0. The minimum absolute atomic E-state index is 0.248. The van der Waals surface area contributed by atoms with Crippen LogP contribution in [-0.4, -0.2) is 23.5 Å². The van der Waals surface area contributed by atoms with E-state index in [1.54, 1.807) is 49.4 Å². The maximum Gasteiger partial charge on any atom is 0.343 e. The number of para-hydroxylation sites is 2. The van der Waals surface area contributed by atoms with E-state index in [0.29, 0.717) is 27.5 Å². The predicted octanol–water partition coefficient (Wildman–Crippen LogP) is 4.65. The van der Waals surface area contributed by atoms with Gasteiger partial charge in [0.1, 0.15) is 5.75 Å². The summed E-state index contributed by atoms with van der Waals surface area (Å²) in [5.41, 5.74) is 5.61. The molecular weight excluding hydrogens is 442 g/mol. The van der Waals surface area contributed by atoms with Gasteiger partial charge in [-0.05, 0) is 62.2 Å². The lowest BCUT2D eigenvalue weighted by Crippen LogP contribution is -2.33. The number of esters is 1. The van der Waals surface area contributed by atoms with Gasteiger partial charge in [-0.25, -0.2) is 10.2 Å². The molecule has 0 heterocycles. The summed E-state index contributed by atoms with van der Waals surface area (Å²) in [4.78, 5) is 37.0. The van der Waals surface area contributed by atoms with Crippen molar-refractivity contribution in [3.63, 3.8) is 0 Å². The summed E-state index contributed by atoms with van der Waals surface area (Å²) in [5.74, 6) is -2.11. The third-order valence-electron chi connectivity index (χ3n) is 4.79. The molecular formula is C25H22ClN3O4. The molecule has 0 saturated heterocycles. The van der Waals surface area contributed by atoms with Gasteiger partial charge >= 0.3 is 17.8 Å². The molecule has 0 spiro atoms. The van der Waals surface area contributed by atoms with Crippen molar-refractivity contribution in [3.8, 4) is 5.75 Å². The summed E-state index contributed by atoms with van der Waals surface area (Å²) in [6, 6.07) is 18.7. The van der Waals surface area contributed by atoms with Gasteiger partial charge < -0.3 is 10.1 Å². The third-order valence-corrected chi connectivity index (χ3v) is 5.03. The molecule has 2 N–H and O–H groups in total. The molecule has 33 heavy (non-hydrogen) atoms. The molecule has 8 heteroatoms. The van der Waals surface area contributed by atoms with Crippen LogP contribution in [0.1, 0.15) is 34.0 Å². The second-order valence-corrected chi connectivity index (χ2v) is 7.69. The Bertz CT molecular complexity index is 1230. The Kier molecular flexibility index (Phi) is 7.58. The van der Waals surface area contributed by atoms with Crippen molar-refractivity contribution in [1.82, 2.24) is 5.43 Å². The average Bonchev–Trinajstić information content (AvgIpc) is 2.80. The number of rotatable bonds is 5. The number of benzene rings is 3. The van der Waals surface area contributed by atoms with E-state index in [2.05, 4.69) is 15.8 Å². The molecule has 7 nitrogen and oxygen atoms in total. The number of nitrogens with one attached hydrogen (secondary N) is 2. The highest BCUT2D eigenvalue weighted by Crippen LogP contribution is 2.22. The van der Waals surface area contributed by atoms with Crippen molar-refractivity contribution in [2.75, 3.05) is 5.32 Å². The van der Waals surface area contributed by atoms with Crippen molar-refractivity contribution in [2.45, 2.75) is 20.8 Å². The van der Waals surface area contributed by atoms with Crippen molar-refractivity contribution < 1.29 is 19.1 Å². The van der Waals surface area contributed by atoms with Gasteiger partial charge in [-0.15, -0.1) is 0 Å². The van der Waals surface area contributed by atoms with Gasteiger partial charge in [0.15, 0.2) is 0 Å². The molecule has 3 aromatic carbocycles. The molecule has 0 atom stereocenters. The summed E-state index contributed by atoms with van der Waals surface area (Å²) >= 11 is 5.94. The molecule has 3 aromatic rings. The van der Waals surface area contributed by atoms with Gasteiger partial charge in [-0.2, -0.15) is 5.10 Å². The number of carbonyl (C=O) groups excluding carboxylic acids is 3. The van der Waals surface area contributed by atoms with Gasteiger partial charge in [-0.1, -0.05) is 48.0 Å². The predicted molar refractivity (Wildman–Crippen MR) is 128 cm³/mol. The van der Waals surface area contributed by atoms with Crippen LogP contribution in [0.15, 0.2) is 71.8 Å². The fourth-order valence-corrected chi connectivity index (χ4v) is 3.25. The smallest absolute Gasteiger partial charge is 0.343 e. The summed E-state index contributed by atoms with van der Waals surface area (Å²) in [5, 5.41) is 7.02. The molecule has 2 amide bonds. The second kappa shape index (κ2) is 10.6. The van der Waals surface area contributed by atoms with Crippen LogP contribution in [0, 0.1) is 13.8 Å². The first kappa shape index (κ1) is 23.7. The second-order valence-electron chi connectivity index (χ2n) is 7.26. The molecule has 0 saturated carbocycles. The Balaban J connectivity index is 1.71. The maximum absolute atomic E-state index is 12.5. The van der Waals surface area contributed by atoms with E-state index in [1.165, 1.54) is 6.07 Å². The molecule has 3 rings (SSSR count). The number of aryl methyl sites for hydroxylation is 2. The van der Waals surface area contributed by atoms with Crippen LogP contribution >= 0.6 is 11.6 Å². The maximum atomic E-state index is 12.5. The Morgan fingerprint density at radius 2 is 1.55 bits per heavy atom. The lowest BCUT2D eigenvalue weighted by molar-refractivity contribution is -0.136. The van der Waals surface area contributed by atoms with Crippen LogP contribution in [0.5, 0.6) is 5.75 Å². The average molecular weight is 464 g/mol. The van der Waals surface area contributed by atoms with Gasteiger partial charge in [0, 0.05) is 16.3 Å². The summed E-state index contributed by atoms with van der Waals surface area (Å²) in [7, 11) is 0. The fourth-order valence-electron chi connectivity index (χ4n) is 3.06. The number of hydrogen-bond acceptors (Lipinski definition) is 5. The largest absolute Gasteiger partial charge is 0.422 e. The molecule has 0 aliphatic rings. The number of amides is 2. The number of hydrogen-bond donors (Lipinski definition) is 2. The van der Waals surface area contributed by atoms with Crippen molar-refractivity contribution in [2.24, 2.45) is 5.10 Å². The standard InChI is InChI=1S/C25H22ClN3O4/c1-15-8-6-9-16(2)22(15)27-23(30)24(31)29-28-17(3)20-12-4-5-13-21(20)33-25(32)18-10-7-11-19(26)14-18/h4-14H,1-3H3,(H,27,30)(H,29,31). The summed E-state index contributed by atoms with van der Waals surface area (Å²) in [6.07, 6.45) is 0. The molecule has 0 unspecified atom stereocenters. The van der Waals surface area contributed by atoms with E-state index in [9.17, 15) is 14.4 Å². The zero-order valence-corrected chi connectivity index (χ0v) is 19.1. The van der Waals surface area contributed by atoms with E-state index in [-0.39, 0.29) is 5.75 Å². The molecule has 0 bridgehead atoms. The van der Waals surface area contributed by atoms with Gasteiger partial charge in [0.25, 0.3) is 0 Å². The first-order chi connectivity index (χ1) is 15.8. The molecule has 0 radical (unpaired) electrons. The number of anilines is 1. The zero-order valence-electron chi connectivity index (χ0n) is 18.3. The fraction of sp³-hybridized carbons (Fsp3) is 0.120. The number of hydrazone groups is 1. The Morgan fingerprint density at radius 1 is 0.879 bits per heavy atom. The molecule has 0 fully saturated rings. The Labute approximate surface area is 196 Å². The van der Waals surface area contributed by atoms with Crippen LogP contribution < -0.4 is 15.5 Å². The molecule has 0 aliphatic heterocycles. The lowest BCUT2D eigenvalue weighted by Gasteiger charge is -2.11. The minimum Gasteiger partial charge on any atom is -0.422 e. The van der Waals surface area contributed by atoms with E-state index in [0.717, 1.165) is 11.1 Å². The van der Waals surface area contributed by atoms with Crippen LogP contribution in [0.3, 0.4) is 0 Å². The third kappa shape index (κ3) is 6.05. The summed E-state index contributed by atoms with van der Waals surface area (Å²) < 4.78 is 5.50. The van der Waals surface area contributed by atoms with Crippen LogP contribution in [0.4, 0.5) is 5.69 Å². The highest BCUT2D eigenvalue weighted by Gasteiger charge is 2.17.